The minimum Gasteiger partial charge on any atom is -0.393 e. The van der Waals surface area contributed by atoms with E-state index in [1.807, 2.05) is 6.07 Å². The van der Waals surface area contributed by atoms with Gasteiger partial charge in [0, 0.05) is 55.7 Å². The molecule has 2 atom stereocenters. The molecule has 2 aliphatic rings. The normalized spacial score (nSPS) is 22.7. The van der Waals surface area contributed by atoms with Crippen LogP contribution in [0.5, 0.6) is 0 Å². The van der Waals surface area contributed by atoms with Crippen LogP contribution in [0.3, 0.4) is 0 Å². The molecule has 1 aliphatic heterocycles. The Balaban J connectivity index is 1.43. The average molecular weight is 393 g/mol. The number of hydrogen-bond acceptors (Lipinski definition) is 6. The van der Waals surface area contributed by atoms with Crippen LogP contribution in [0.1, 0.15) is 25.7 Å². The van der Waals surface area contributed by atoms with Crippen LogP contribution in [0.2, 0.25) is 0 Å². The van der Waals surface area contributed by atoms with Crippen molar-refractivity contribution in [1.82, 2.24) is 19.9 Å². The lowest BCUT2D eigenvalue weighted by Crippen LogP contribution is -2.43. The SMILES string of the molecule is O[C@@H]1CCC[C@H](Nc2nccc(-n3ccc4c(N5CCNCC5)cccc43)n2)C1. The second-order valence-electron chi connectivity index (χ2n) is 8.03. The van der Waals surface area contributed by atoms with Gasteiger partial charge in [-0.05, 0) is 49.9 Å². The fourth-order valence-corrected chi connectivity index (χ4v) is 4.56. The van der Waals surface area contributed by atoms with Crippen LogP contribution in [0.15, 0.2) is 42.7 Å². The molecule has 1 saturated heterocycles. The molecule has 1 saturated carbocycles. The van der Waals surface area contributed by atoms with Gasteiger partial charge in [-0.25, -0.2) is 4.98 Å². The molecule has 2 aromatic heterocycles. The van der Waals surface area contributed by atoms with Crippen molar-refractivity contribution in [1.29, 1.82) is 0 Å². The summed E-state index contributed by atoms with van der Waals surface area (Å²) in [5.41, 5.74) is 2.44. The number of piperazine rings is 1. The Hall–Kier alpha value is -2.64. The van der Waals surface area contributed by atoms with E-state index in [2.05, 4.69) is 55.5 Å². The summed E-state index contributed by atoms with van der Waals surface area (Å²) in [6.45, 7) is 4.10. The van der Waals surface area contributed by atoms with Gasteiger partial charge >= 0.3 is 0 Å². The summed E-state index contributed by atoms with van der Waals surface area (Å²) in [4.78, 5) is 11.6. The Kier molecular flexibility index (Phi) is 5.08. The molecule has 5 rings (SSSR count). The highest BCUT2D eigenvalue weighted by Gasteiger charge is 2.21. The molecule has 0 bridgehead atoms. The molecule has 2 fully saturated rings. The number of anilines is 2. The summed E-state index contributed by atoms with van der Waals surface area (Å²) >= 11 is 0. The van der Waals surface area contributed by atoms with E-state index in [0.29, 0.717) is 5.95 Å². The first-order chi connectivity index (χ1) is 14.3. The van der Waals surface area contributed by atoms with Gasteiger partial charge in [0.2, 0.25) is 5.95 Å². The summed E-state index contributed by atoms with van der Waals surface area (Å²) in [6, 6.07) is 10.8. The first-order valence-corrected chi connectivity index (χ1v) is 10.6. The molecule has 0 unspecified atom stereocenters. The van der Waals surface area contributed by atoms with Crippen LogP contribution in [0, 0.1) is 0 Å². The number of rotatable bonds is 4. The van der Waals surface area contributed by atoms with E-state index in [0.717, 1.165) is 63.2 Å². The fourth-order valence-electron chi connectivity index (χ4n) is 4.56. The van der Waals surface area contributed by atoms with Crippen molar-refractivity contribution in [3.8, 4) is 5.82 Å². The van der Waals surface area contributed by atoms with Crippen molar-refractivity contribution in [3.05, 3.63) is 42.7 Å². The van der Waals surface area contributed by atoms with Gasteiger partial charge in [-0.3, -0.25) is 0 Å². The number of hydrogen-bond donors (Lipinski definition) is 3. The Bertz CT molecular complexity index is 980. The zero-order valence-corrected chi connectivity index (χ0v) is 16.6. The molecule has 3 N–H and O–H groups in total. The first-order valence-electron chi connectivity index (χ1n) is 10.6. The third-order valence-electron chi connectivity index (χ3n) is 6.04. The van der Waals surface area contributed by atoms with E-state index in [9.17, 15) is 5.11 Å². The summed E-state index contributed by atoms with van der Waals surface area (Å²) in [6.07, 6.45) is 7.41. The molecule has 0 radical (unpaired) electrons. The smallest absolute Gasteiger partial charge is 0.224 e. The minimum absolute atomic E-state index is 0.221. The third kappa shape index (κ3) is 3.80. The molecule has 1 aromatic carbocycles. The highest BCUT2D eigenvalue weighted by molar-refractivity contribution is 5.94. The maximum atomic E-state index is 9.92. The average Bonchev–Trinajstić information content (AvgIpc) is 3.19. The van der Waals surface area contributed by atoms with Gasteiger partial charge in [-0.15, -0.1) is 0 Å². The van der Waals surface area contributed by atoms with Gasteiger partial charge < -0.3 is 25.2 Å². The van der Waals surface area contributed by atoms with Crippen LogP contribution < -0.4 is 15.5 Å². The Labute approximate surface area is 170 Å². The van der Waals surface area contributed by atoms with Crippen LogP contribution >= 0.6 is 0 Å². The van der Waals surface area contributed by atoms with Gasteiger partial charge in [-0.2, -0.15) is 4.98 Å². The largest absolute Gasteiger partial charge is 0.393 e. The van der Waals surface area contributed by atoms with Crippen molar-refractivity contribution < 1.29 is 5.11 Å². The molecule has 0 amide bonds. The van der Waals surface area contributed by atoms with E-state index in [1.54, 1.807) is 6.20 Å². The number of nitrogens with zero attached hydrogens (tertiary/aromatic N) is 4. The second kappa shape index (κ2) is 8.00. The van der Waals surface area contributed by atoms with Crippen molar-refractivity contribution in [3.63, 3.8) is 0 Å². The van der Waals surface area contributed by atoms with Gasteiger partial charge in [0.15, 0.2) is 0 Å². The quantitative estimate of drug-likeness (QED) is 0.633. The summed E-state index contributed by atoms with van der Waals surface area (Å²) in [5, 5.41) is 18.0. The molecule has 29 heavy (non-hydrogen) atoms. The number of fused-ring (bicyclic) bond motifs is 1. The zero-order valence-electron chi connectivity index (χ0n) is 16.6. The molecule has 1 aliphatic carbocycles. The van der Waals surface area contributed by atoms with Gasteiger partial charge in [-0.1, -0.05) is 6.07 Å². The van der Waals surface area contributed by atoms with E-state index in [-0.39, 0.29) is 12.1 Å². The van der Waals surface area contributed by atoms with Crippen molar-refractivity contribution in [2.75, 3.05) is 36.4 Å². The lowest BCUT2D eigenvalue weighted by Gasteiger charge is -2.30. The van der Waals surface area contributed by atoms with E-state index >= 15 is 0 Å². The molecule has 7 nitrogen and oxygen atoms in total. The summed E-state index contributed by atoms with van der Waals surface area (Å²) in [7, 11) is 0. The zero-order chi connectivity index (χ0) is 19.6. The number of benzene rings is 1. The van der Waals surface area contributed by atoms with E-state index in [1.165, 1.54) is 11.1 Å². The van der Waals surface area contributed by atoms with Crippen LogP contribution in [-0.2, 0) is 0 Å². The number of aliphatic hydroxyl groups excluding tert-OH is 1. The molecule has 0 spiro atoms. The van der Waals surface area contributed by atoms with E-state index in [4.69, 9.17) is 4.98 Å². The number of aromatic nitrogens is 3. The number of aliphatic hydroxyl groups is 1. The lowest BCUT2D eigenvalue weighted by atomic mass is 9.93. The Morgan fingerprint density at radius 1 is 1.10 bits per heavy atom. The summed E-state index contributed by atoms with van der Waals surface area (Å²) in [5.74, 6) is 1.48. The maximum Gasteiger partial charge on any atom is 0.224 e. The highest BCUT2D eigenvalue weighted by Crippen LogP contribution is 2.30. The molecule has 152 valence electrons. The van der Waals surface area contributed by atoms with Crippen molar-refractivity contribution in [2.45, 2.75) is 37.8 Å². The molecular formula is C22H28N6O. The predicted molar refractivity (Wildman–Crippen MR) is 116 cm³/mol. The number of nitrogens with one attached hydrogen (secondary N) is 2. The Morgan fingerprint density at radius 3 is 2.86 bits per heavy atom. The van der Waals surface area contributed by atoms with Crippen LogP contribution in [0.25, 0.3) is 16.7 Å². The molecule has 3 heterocycles. The fraction of sp³-hybridized carbons (Fsp3) is 0.455. The lowest BCUT2D eigenvalue weighted by molar-refractivity contribution is 0.124. The van der Waals surface area contributed by atoms with Gasteiger partial charge in [0.1, 0.15) is 5.82 Å². The maximum absolute atomic E-state index is 9.92. The first kappa shape index (κ1) is 18.4. The van der Waals surface area contributed by atoms with Crippen LogP contribution in [-0.4, -0.2) is 58.0 Å². The third-order valence-corrected chi connectivity index (χ3v) is 6.04. The molecule has 3 aromatic rings. The topological polar surface area (TPSA) is 78.2 Å². The second-order valence-corrected chi connectivity index (χ2v) is 8.03. The highest BCUT2D eigenvalue weighted by atomic mass is 16.3. The van der Waals surface area contributed by atoms with Gasteiger partial charge in [0.05, 0.1) is 11.6 Å². The van der Waals surface area contributed by atoms with Crippen molar-refractivity contribution >= 4 is 22.5 Å². The van der Waals surface area contributed by atoms with Crippen molar-refractivity contribution in [2.24, 2.45) is 0 Å². The molecule has 7 heteroatoms. The monoisotopic (exact) mass is 392 g/mol. The van der Waals surface area contributed by atoms with Crippen LogP contribution in [0.4, 0.5) is 11.6 Å². The molecular weight excluding hydrogens is 364 g/mol. The standard InChI is InChI=1S/C22H28N6O/c29-17-4-1-3-16(15-17)25-22-24-9-7-21(26-22)28-12-8-18-19(5-2-6-20(18)28)27-13-10-23-11-14-27/h2,5-9,12,16-17,23,29H,1,3-4,10-11,13-15H2,(H,24,25,26)/t16-,17+/m0/s1. The Morgan fingerprint density at radius 2 is 2.00 bits per heavy atom. The predicted octanol–water partition coefficient (Wildman–Crippen LogP) is 2.55. The minimum atomic E-state index is -0.221. The summed E-state index contributed by atoms with van der Waals surface area (Å²) < 4.78 is 2.13. The van der Waals surface area contributed by atoms with Gasteiger partial charge in [0.25, 0.3) is 0 Å². The van der Waals surface area contributed by atoms with E-state index < -0.39 is 0 Å².